The molecule has 1 aliphatic heterocycles. The minimum absolute atomic E-state index is 0.0306. The maximum absolute atomic E-state index is 6.10. The lowest BCUT2D eigenvalue weighted by Gasteiger charge is -2.23. The zero-order valence-corrected chi connectivity index (χ0v) is 12.4. The van der Waals surface area contributed by atoms with Crippen molar-refractivity contribution < 1.29 is 4.74 Å². The molecule has 1 aliphatic rings. The van der Waals surface area contributed by atoms with Gasteiger partial charge in [-0.05, 0) is 38.3 Å². The molecule has 0 fully saturated rings. The van der Waals surface area contributed by atoms with Crippen LogP contribution in [-0.4, -0.2) is 21.4 Å². The minimum atomic E-state index is 0.0306. The zero-order valence-electron chi connectivity index (χ0n) is 12.4. The third-order valence-electron chi connectivity index (χ3n) is 3.90. The van der Waals surface area contributed by atoms with E-state index in [1.807, 2.05) is 35.0 Å². The van der Waals surface area contributed by atoms with Crippen LogP contribution in [0.5, 0.6) is 5.75 Å². The first-order valence-corrected chi connectivity index (χ1v) is 7.63. The van der Waals surface area contributed by atoms with Gasteiger partial charge in [-0.3, -0.25) is 0 Å². The van der Waals surface area contributed by atoms with Gasteiger partial charge in [0.05, 0.1) is 18.7 Å². The molecular formula is C16H22N4O. The number of nitrogens with zero attached hydrogens (tertiary/aromatic N) is 3. The summed E-state index contributed by atoms with van der Waals surface area (Å²) in [7, 11) is 0. The number of hydrogen-bond acceptors (Lipinski definition) is 4. The number of nitrogens with two attached hydrogens (primary N) is 1. The molecule has 2 aromatic rings. The van der Waals surface area contributed by atoms with Crippen molar-refractivity contribution >= 4 is 0 Å². The van der Waals surface area contributed by atoms with Gasteiger partial charge in [-0.1, -0.05) is 18.2 Å². The highest BCUT2D eigenvalue weighted by Gasteiger charge is 2.25. The molecule has 0 spiro atoms. The molecule has 21 heavy (non-hydrogen) atoms. The number of aromatic nitrogens is 3. The van der Waals surface area contributed by atoms with E-state index in [0.717, 1.165) is 43.1 Å². The van der Waals surface area contributed by atoms with Crippen LogP contribution in [0.2, 0.25) is 0 Å². The van der Waals surface area contributed by atoms with Crippen LogP contribution < -0.4 is 10.5 Å². The van der Waals surface area contributed by atoms with Gasteiger partial charge < -0.3 is 10.5 Å². The molecule has 0 saturated heterocycles. The molecule has 5 heteroatoms. The molecule has 112 valence electrons. The molecule has 0 amide bonds. The third-order valence-corrected chi connectivity index (χ3v) is 3.90. The summed E-state index contributed by atoms with van der Waals surface area (Å²) in [5.74, 6) is 2.73. The summed E-state index contributed by atoms with van der Waals surface area (Å²) >= 11 is 0. The highest BCUT2D eigenvalue weighted by atomic mass is 16.5. The number of para-hydroxylation sites is 1. The Morgan fingerprint density at radius 1 is 1.29 bits per heavy atom. The van der Waals surface area contributed by atoms with Gasteiger partial charge in [0, 0.05) is 6.42 Å². The Balaban J connectivity index is 1.53. The van der Waals surface area contributed by atoms with Crippen LogP contribution in [0.25, 0.3) is 0 Å². The first kappa shape index (κ1) is 14.1. The molecule has 0 saturated carbocycles. The number of fused-ring (bicyclic) bond motifs is 1. The van der Waals surface area contributed by atoms with E-state index in [-0.39, 0.29) is 6.04 Å². The first-order valence-electron chi connectivity index (χ1n) is 7.63. The molecule has 2 atom stereocenters. The van der Waals surface area contributed by atoms with E-state index in [1.165, 1.54) is 0 Å². The maximum Gasteiger partial charge on any atom is 0.151 e. The Morgan fingerprint density at radius 3 is 2.86 bits per heavy atom. The van der Waals surface area contributed by atoms with Gasteiger partial charge >= 0.3 is 0 Å². The number of aryl methyl sites for hydroxylation is 1. The van der Waals surface area contributed by atoms with Crippen molar-refractivity contribution in [3.8, 4) is 5.75 Å². The van der Waals surface area contributed by atoms with Crippen LogP contribution in [0.3, 0.4) is 0 Å². The van der Waals surface area contributed by atoms with Crippen molar-refractivity contribution in [2.24, 2.45) is 5.73 Å². The van der Waals surface area contributed by atoms with Crippen LogP contribution in [0.15, 0.2) is 30.3 Å². The molecule has 2 unspecified atom stereocenters. The summed E-state index contributed by atoms with van der Waals surface area (Å²) in [5, 5.41) is 4.60. The molecule has 2 N–H and O–H groups in total. The number of benzene rings is 1. The predicted octanol–water partition coefficient (Wildman–Crippen LogP) is 2.64. The molecular weight excluding hydrogens is 264 g/mol. The molecule has 0 bridgehead atoms. The maximum atomic E-state index is 6.10. The van der Waals surface area contributed by atoms with Crippen molar-refractivity contribution in [1.82, 2.24) is 14.8 Å². The lowest BCUT2D eigenvalue weighted by Crippen LogP contribution is -2.25. The smallest absolute Gasteiger partial charge is 0.151 e. The van der Waals surface area contributed by atoms with Crippen molar-refractivity contribution in [2.75, 3.05) is 6.61 Å². The average molecular weight is 286 g/mol. The van der Waals surface area contributed by atoms with E-state index < -0.39 is 0 Å². The van der Waals surface area contributed by atoms with Gasteiger partial charge in [0.15, 0.2) is 5.82 Å². The standard InChI is InChI=1S/C16H22N4O/c1-12-9-10-14(17)16-18-15(19-20(12)16)8-5-11-21-13-6-3-2-4-7-13/h2-4,6-7,12,14H,5,8-11,17H2,1H3. The van der Waals surface area contributed by atoms with Crippen LogP contribution in [0, 0.1) is 0 Å². The quantitative estimate of drug-likeness (QED) is 0.858. The van der Waals surface area contributed by atoms with Crippen LogP contribution in [0.4, 0.5) is 0 Å². The summed E-state index contributed by atoms with van der Waals surface area (Å²) in [6.45, 7) is 2.85. The SMILES string of the molecule is CC1CCC(N)c2nc(CCCOc3ccccc3)nn21. The van der Waals surface area contributed by atoms with Gasteiger partial charge in [0.25, 0.3) is 0 Å². The summed E-state index contributed by atoms with van der Waals surface area (Å²) in [6, 6.07) is 10.3. The topological polar surface area (TPSA) is 66.0 Å². The van der Waals surface area contributed by atoms with Gasteiger partial charge in [-0.25, -0.2) is 9.67 Å². The predicted molar refractivity (Wildman–Crippen MR) is 81.2 cm³/mol. The normalized spacial score (nSPS) is 21.0. The molecule has 1 aromatic carbocycles. The number of ether oxygens (including phenoxy) is 1. The van der Waals surface area contributed by atoms with Crippen LogP contribution in [0.1, 0.15) is 49.9 Å². The highest BCUT2D eigenvalue weighted by Crippen LogP contribution is 2.28. The lowest BCUT2D eigenvalue weighted by atomic mass is 10.0. The second-order valence-electron chi connectivity index (χ2n) is 5.63. The average Bonchev–Trinajstić information content (AvgIpc) is 2.94. The van der Waals surface area contributed by atoms with Crippen molar-refractivity contribution in [1.29, 1.82) is 0 Å². The van der Waals surface area contributed by atoms with Crippen LogP contribution in [-0.2, 0) is 6.42 Å². The number of rotatable bonds is 5. The minimum Gasteiger partial charge on any atom is -0.494 e. The third kappa shape index (κ3) is 3.24. The van der Waals surface area contributed by atoms with Crippen LogP contribution >= 0.6 is 0 Å². The second kappa shape index (κ2) is 6.26. The van der Waals surface area contributed by atoms with E-state index >= 15 is 0 Å². The fourth-order valence-corrected chi connectivity index (χ4v) is 2.67. The molecule has 3 rings (SSSR count). The first-order chi connectivity index (χ1) is 10.2. The van der Waals surface area contributed by atoms with Gasteiger partial charge in [0.2, 0.25) is 0 Å². The number of hydrogen-bond donors (Lipinski definition) is 1. The van der Waals surface area contributed by atoms with E-state index in [1.54, 1.807) is 0 Å². The highest BCUT2D eigenvalue weighted by molar-refractivity contribution is 5.20. The second-order valence-corrected chi connectivity index (χ2v) is 5.63. The summed E-state index contributed by atoms with van der Waals surface area (Å²) in [5.41, 5.74) is 6.10. The van der Waals surface area contributed by atoms with E-state index in [4.69, 9.17) is 10.5 Å². The van der Waals surface area contributed by atoms with Crippen molar-refractivity contribution in [2.45, 2.75) is 44.7 Å². The van der Waals surface area contributed by atoms with Crippen molar-refractivity contribution in [3.63, 3.8) is 0 Å². The van der Waals surface area contributed by atoms with Gasteiger partial charge in [-0.2, -0.15) is 5.10 Å². The monoisotopic (exact) mass is 286 g/mol. The Labute approximate surface area is 125 Å². The van der Waals surface area contributed by atoms with Crippen molar-refractivity contribution in [3.05, 3.63) is 42.0 Å². The molecule has 2 heterocycles. The van der Waals surface area contributed by atoms with E-state index in [9.17, 15) is 0 Å². The largest absolute Gasteiger partial charge is 0.494 e. The Hall–Kier alpha value is -1.88. The Morgan fingerprint density at radius 2 is 2.10 bits per heavy atom. The van der Waals surface area contributed by atoms with Gasteiger partial charge in [-0.15, -0.1) is 0 Å². The summed E-state index contributed by atoms with van der Waals surface area (Å²) < 4.78 is 7.69. The molecule has 0 radical (unpaired) electrons. The molecule has 0 aliphatic carbocycles. The summed E-state index contributed by atoms with van der Waals surface area (Å²) in [4.78, 5) is 4.60. The lowest BCUT2D eigenvalue weighted by molar-refractivity contribution is 0.309. The fourth-order valence-electron chi connectivity index (χ4n) is 2.67. The van der Waals surface area contributed by atoms with E-state index in [2.05, 4.69) is 17.0 Å². The fraction of sp³-hybridized carbons (Fsp3) is 0.500. The summed E-state index contributed by atoms with van der Waals surface area (Å²) in [6.07, 6.45) is 3.80. The molecule has 5 nitrogen and oxygen atoms in total. The Bertz CT molecular complexity index is 554. The molecule has 1 aromatic heterocycles. The Kier molecular flexibility index (Phi) is 4.20. The zero-order chi connectivity index (χ0) is 14.7. The van der Waals surface area contributed by atoms with Gasteiger partial charge in [0.1, 0.15) is 11.6 Å². The van der Waals surface area contributed by atoms with E-state index in [0.29, 0.717) is 12.6 Å².